The molecule has 0 atom stereocenters. The standard InChI is InChI=1S/C15H16N4OS/c1-10(2)13-18-15(20-19-13)16-8-12-9-21-14(17-12)11-6-4-3-5-7-11/h3-7,9-10H,8H2,1-2H3,(H,16,18,19). The molecule has 3 rings (SSSR count). The average Bonchev–Trinajstić information content (AvgIpc) is 3.15. The van der Waals surface area contributed by atoms with E-state index in [0.717, 1.165) is 16.3 Å². The molecule has 0 fully saturated rings. The molecule has 0 saturated heterocycles. The Morgan fingerprint density at radius 3 is 2.71 bits per heavy atom. The molecule has 0 saturated carbocycles. The number of aromatic nitrogens is 3. The lowest BCUT2D eigenvalue weighted by atomic mass is 10.2. The van der Waals surface area contributed by atoms with E-state index in [-0.39, 0.29) is 5.92 Å². The molecule has 0 aliphatic rings. The summed E-state index contributed by atoms with van der Waals surface area (Å²) in [6, 6.07) is 10.6. The minimum atomic E-state index is 0.258. The second-order valence-electron chi connectivity index (χ2n) is 4.98. The number of nitrogens with one attached hydrogen (secondary N) is 1. The fourth-order valence-electron chi connectivity index (χ4n) is 1.81. The van der Waals surface area contributed by atoms with Gasteiger partial charge in [-0.1, -0.05) is 49.3 Å². The number of hydrogen-bond donors (Lipinski definition) is 1. The van der Waals surface area contributed by atoms with Gasteiger partial charge in [-0.3, -0.25) is 0 Å². The van der Waals surface area contributed by atoms with Crippen molar-refractivity contribution < 1.29 is 4.52 Å². The molecule has 108 valence electrons. The molecule has 6 heteroatoms. The van der Waals surface area contributed by atoms with Gasteiger partial charge in [0.2, 0.25) is 0 Å². The molecule has 0 radical (unpaired) electrons. The molecule has 2 heterocycles. The summed E-state index contributed by atoms with van der Waals surface area (Å²) >= 11 is 1.63. The molecular weight excluding hydrogens is 284 g/mol. The zero-order valence-corrected chi connectivity index (χ0v) is 12.7. The van der Waals surface area contributed by atoms with Crippen molar-refractivity contribution in [2.45, 2.75) is 26.3 Å². The summed E-state index contributed by atoms with van der Waals surface area (Å²) in [7, 11) is 0. The molecule has 1 N–H and O–H groups in total. The van der Waals surface area contributed by atoms with E-state index in [0.29, 0.717) is 18.4 Å². The van der Waals surface area contributed by atoms with E-state index in [1.807, 2.05) is 37.4 Å². The van der Waals surface area contributed by atoms with Gasteiger partial charge >= 0.3 is 6.01 Å². The number of rotatable bonds is 5. The second kappa shape index (κ2) is 6.05. The van der Waals surface area contributed by atoms with Gasteiger partial charge in [0.1, 0.15) is 5.01 Å². The van der Waals surface area contributed by atoms with Crippen LogP contribution in [0.2, 0.25) is 0 Å². The molecule has 0 amide bonds. The molecule has 0 aliphatic heterocycles. The van der Waals surface area contributed by atoms with E-state index < -0.39 is 0 Å². The van der Waals surface area contributed by atoms with Crippen molar-refractivity contribution >= 4 is 17.4 Å². The van der Waals surface area contributed by atoms with E-state index in [2.05, 4.69) is 32.6 Å². The maximum Gasteiger partial charge on any atom is 0.321 e. The maximum atomic E-state index is 5.14. The zero-order chi connectivity index (χ0) is 14.7. The van der Waals surface area contributed by atoms with Crippen LogP contribution in [0.1, 0.15) is 31.3 Å². The number of benzene rings is 1. The first-order chi connectivity index (χ1) is 10.2. The molecule has 0 unspecified atom stereocenters. The van der Waals surface area contributed by atoms with Crippen LogP contribution in [-0.2, 0) is 6.54 Å². The van der Waals surface area contributed by atoms with Crippen molar-refractivity contribution in [2.24, 2.45) is 0 Å². The fraction of sp³-hybridized carbons (Fsp3) is 0.267. The Morgan fingerprint density at radius 2 is 2.00 bits per heavy atom. The van der Waals surface area contributed by atoms with E-state index >= 15 is 0 Å². The molecule has 5 nitrogen and oxygen atoms in total. The number of anilines is 1. The van der Waals surface area contributed by atoms with Crippen LogP contribution in [-0.4, -0.2) is 15.1 Å². The first-order valence-corrected chi connectivity index (χ1v) is 7.67. The highest BCUT2D eigenvalue weighted by atomic mass is 32.1. The van der Waals surface area contributed by atoms with Crippen LogP contribution in [0.15, 0.2) is 40.2 Å². The highest BCUT2D eigenvalue weighted by Gasteiger charge is 2.10. The van der Waals surface area contributed by atoms with Crippen LogP contribution >= 0.6 is 11.3 Å². The first kappa shape index (κ1) is 13.8. The third-order valence-electron chi connectivity index (χ3n) is 2.95. The van der Waals surface area contributed by atoms with Gasteiger partial charge in [0, 0.05) is 16.9 Å². The van der Waals surface area contributed by atoms with Crippen molar-refractivity contribution in [3.05, 3.63) is 47.2 Å². The van der Waals surface area contributed by atoms with Gasteiger partial charge in [-0.2, -0.15) is 4.98 Å². The molecular formula is C15H16N4OS. The zero-order valence-electron chi connectivity index (χ0n) is 11.9. The summed E-state index contributed by atoms with van der Waals surface area (Å²) < 4.78 is 5.14. The van der Waals surface area contributed by atoms with E-state index in [4.69, 9.17) is 4.52 Å². The topological polar surface area (TPSA) is 63.8 Å². The Bertz CT molecular complexity index is 705. The van der Waals surface area contributed by atoms with E-state index in [9.17, 15) is 0 Å². The van der Waals surface area contributed by atoms with Gasteiger partial charge in [-0.15, -0.1) is 11.3 Å². The van der Waals surface area contributed by atoms with Gasteiger partial charge in [0.05, 0.1) is 12.2 Å². The molecule has 2 aromatic heterocycles. The maximum absolute atomic E-state index is 5.14. The highest BCUT2D eigenvalue weighted by molar-refractivity contribution is 7.13. The monoisotopic (exact) mass is 300 g/mol. The normalized spacial score (nSPS) is 11.0. The quantitative estimate of drug-likeness (QED) is 0.773. The summed E-state index contributed by atoms with van der Waals surface area (Å²) in [6.07, 6.45) is 0. The first-order valence-electron chi connectivity index (χ1n) is 6.79. The SMILES string of the molecule is CC(C)c1noc(NCc2csc(-c3ccccc3)n2)n1. The third-order valence-corrected chi connectivity index (χ3v) is 3.89. The van der Waals surface area contributed by atoms with Crippen molar-refractivity contribution in [3.8, 4) is 10.6 Å². The molecule has 1 aromatic carbocycles. The van der Waals surface area contributed by atoms with Crippen LogP contribution in [0.5, 0.6) is 0 Å². The van der Waals surface area contributed by atoms with Crippen LogP contribution in [0, 0.1) is 0 Å². The fourth-order valence-corrected chi connectivity index (χ4v) is 2.63. The van der Waals surface area contributed by atoms with Gasteiger partial charge in [0.25, 0.3) is 0 Å². The van der Waals surface area contributed by atoms with Crippen LogP contribution in [0.25, 0.3) is 10.6 Å². The average molecular weight is 300 g/mol. The van der Waals surface area contributed by atoms with Crippen molar-refractivity contribution in [2.75, 3.05) is 5.32 Å². The van der Waals surface area contributed by atoms with E-state index in [1.54, 1.807) is 11.3 Å². The van der Waals surface area contributed by atoms with Gasteiger partial charge in [0.15, 0.2) is 5.82 Å². The number of nitrogens with zero attached hydrogens (tertiary/aromatic N) is 3. The largest absolute Gasteiger partial charge is 0.332 e. The molecule has 3 aromatic rings. The Kier molecular flexibility index (Phi) is 3.96. The minimum absolute atomic E-state index is 0.258. The molecule has 0 spiro atoms. The van der Waals surface area contributed by atoms with Gasteiger partial charge in [-0.25, -0.2) is 4.98 Å². The minimum Gasteiger partial charge on any atom is -0.332 e. The smallest absolute Gasteiger partial charge is 0.321 e. The van der Waals surface area contributed by atoms with Crippen molar-refractivity contribution in [1.29, 1.82) is 0 Å². The molecule has 0 aliphatic carbocycles. The predicted molar refractivity (Wildman–Crippen MR) is 83.3 cm³/mol. The summed E-state index contributed by atoms with van der Waals surface area (Å²) in [5, 5.41) is 10.1. The van der Waals surface area contributed by atoms with Crippen molar-refractivity contribution in [1.82, 2.24) is 15.1 Å². The third kappa shape index (κ3) is 3.28. The lowest BCUT2D eigenvalue weighted by molar-refractivity contribution is 0.419. The lowest BCUT2D eigenvalue weighted by Gasteiger charge is -1.97. The summed E-state index contributed by atoms with van der Waals surface area (Å²) in [6.45, 7) is 4.63. The predicted octanol–water partition coefficient (Wildman–Crippen LogP) is 3.93. The van der Waals surface area contributed by atoms with Crippen LogP contribution in [0.4, 0.5) is 6.01 Å². The Morgan fingerprint density at radius 1 is 1.19 bits per heavy atom. The summed E-state index contributed by atoms with van der Waals surface area (Å²) in [5.74, 6) is 0.967. The summed E-state index contributed by atoms with van der Waals surface area (Å²) in [5.41, 5.74) is 2.09. The van der Waals surface area contributed by atoms with Gasteiger partial charge < -0.3 is 9.84 Å². The highest BCUT2D eigenvalue weighted by Crippen LogP contribution is 2.23. The molecule has 0 bridgehead atoms. The van der Waals surface area contributed by atoms with Gasteiger partial charge in [-0.05, 0) is 0 Å². The number of thiazole rings is 1. The number of hydrogen-bond acceptors (Lipinski definition) is 6. The van der Waals surface area contributed by atoms with E-state index in [1.165, 1.54) is 0 Å². The lowest BCUT2D eigenvalue weighted by Crippen LogP contribution is -2.00. The second-order valence-corrected chi connectivity index (χ2v) is 5.83. The Balaban J connectivity index is 1.65. The Labute approximate surface area is 127 Å². The molecule has 21 heavy (non-hydrogen) atoms. The van der Waals surface area contributed by atoms with Crippen LogP contribution in [0.3, 0.4) is 0 Å². The Hall–Kier alpha value is -2.21. The van der Waals surface area contributed by atoms with Crippen LogP contribution < -0.4 is 5.32 Å². The summed E-state index contributed by atoms with van der Waals surface area (Å²) in [4.78, 5) is 8.88. The van der Waals surface area contributed by atoms with Crippen molar-refractivity contribution in [3.63, 3.8) is 0 Å².